The summed E-state index contributed by atoms with van der Waals surface area (Å²) in [6.45, 7) is 2.66. The maximum absolute atomic E-state index is 11.6. The molecule has 0 aliphatic carbocycles. The lowest BCUT2D eigenvalue weighted by Gasteiger charge is -2.23. The summed E-state index contributed by atoms with van der Waals surface area (Å²) in [6.07, 6.45) is 1.26. The van der Waals surface area contributed by atoms with Crippen molar-refractivity contribution in [3.05, 3.63) is 11.2 Å². The maximum atomic E-state index is 11.6. The van der Waals surface area contributed by atoms with Gasteiger partial charge >= 0.3 is 5.97 Å². The van der Waals surface area contributed by atoms with E-state index in [-0.39, 0.29) is 11.9 Å². The second-order valence-corrected chi connectivity index (χ2v) is 4.79. The van der Waals surface area contributed by atoms with E-state index in [4.69, 9.17) is 4.74 Å². The fourth-order valence-corrected chi connectivity index (χ4v) is 2.48. The van der Waals surface area contributed by atoms with E-state index in [2.05, 4.69) is 15.6 Å². The van der Waals surface area contributed by atoms with Gasteiger partial charge < -0.3 is 15.4 Å². The first-order valence-electron chi connectivity index (χ1n) is 5.84. The minimum absolute atomic E-state index is 0.0722. The molecule has 7 heteroatoms. The normalized spacial score (nSPS) is 19.2. The van der Waals surface area contributed by atoms with E-state index < -0.39 is 5.97 Å². The summed E-state index contributed by atoms with van der Waals surface area (Å²) in [6, 6.07) is 0.135. The molecule has 1 amide bonds. The summed E-state index contributed by atoms with van der Waals surface area (Å²) in [5.41, 5.74) is 1.93. The van der Waals surface area contributed by atoms with Crippen LogP contribution in [0.4, 0.5) is 5.00 Å². The lowest BCUT2D eigenvalue weighted by Crippen LogP contribution is -2.41. The van der Waals surface area contributed by atoms with Gasteiger partial charge in [-0.2, -0.15) is 0 Å². The second-order valence-electron chi connectivity index (χ2n) is 3.93. The zero-order chi connectivity index (χ0) is 13.0. The Morgan fingerprint density at radius 1 is 1.72 bits per heavy atom. The number of aromatic nitrogens is 1. The van der Waals surface area contributed by atoms with Crippen LogP contribution in [0.3, 0.4) is 0 Å². The Labute approximate surface area is 109 Å². The smallest absolute Gasteiger partial charge is 0.360 e. The number of rotatable bonds is 4. The van der Waals surface area contributed by atoms with E-state index in [0.717, 1.165) is 6.42 Å². The van der Waals surface area contributed by atoms with Crippen LogP contribution >= 0.6 is 11.3 Å². The van der Waals surface area contributed by atoms with Gasteiger partial charge in [-0.3, -0.25) is 4.79 Å². The molecule has 0 aromatic carbocycles. The quantitative estimate of drug-likeness (QED) is 0.797. The van der Waals surface area contributed by atoms with Crippen molar-refractivity contribution < 1.29 is 14.3 Å². The maximum Gasteiger partial charge on any atom is 0.360 e. The number of anilines is 1. The van der Waals surface area contributed by atoms with Crippen molar-refractivity contribution in [2.45, 2.75) is 25.8 Å². The molecule has 0 radical (unpaired) electrons. The van der Waals surface area contributed by atoms with Crippen LogP contribution in [-0.4, -0.2) is 36.1 Å². The van der Waals surface area contributed by atoms with Crippen LogP contribution in [0.15, 0.2) is 5.51 Å². The molecular weight excluding hydrogens is 254 g/mol. The molecule has 6 nitrogen and oxygen atoms in total. The minimum Gasteiger partial charge on any atom is -0.461 e. The first-order valence-corrected chi connectivity index (χ1v) is 6.72. The SMILES string of the molecule is CCOC(=O)c1ncsc1NC1CCC(=O)NC1. The Balaban J connectivity index is 1.99. The van der Waals surface area contributed by atoms with Gasteiger partial charge in [-0.1, -0.05) is 0 Å². The Morgan fingerprint density at radius 2 is 2.56 bits per heavy atom. The highest BCUT2D eigenvalue weighted by molar-refractivity contribution is 7.14. The molecule has 1 unspecified atom stereocenters. The van der Waals surface area contributed by atoms with E-state index in [0.29, 0.717) is 30.3 Å². The van der Waals surface area contributed by atoms with Crippen LogP contribution in [-0.2, 0) is 9.53 Å². The van der Waals surface area contributed by atoms with Gasteiger partial charge in [0.25, 0.3) is 0 Å². The number of ether oxygens (including phenoxy) is 1. The molecule has 98 valence electrons. The van der Waals surface area contributed by atoms with Crippen molar-refractivity contribution in [3.63, 3.8) is 0 Å². The zero-order valence-corrected chi connectivity index (χ0v) is 10.9. The van der Waals surface area contributed by atoms with Crippen LogP contribution in [0.25, 0.3) is 0 Å². The standard InChI is InChI=1S/C11H15N3O3S/c1-2-17-11(16)9-10(18-6-13-9)14-7-3-4-8(15)12-5-7/h6-7,14H,2-5H2,1H3,(H,12,15). The molecule has 2 rings (SSSR count). The fraction of sp³-hybridized carbons (Fsp3) is 0.545. The van der Waals surface area contributed by atoms with Gasteiger partial charge in [0, 0.05) is 19.0 Å². The number of hydrogen-bond acceptors (Lipinski definition) is 6. The van der Waals surface area contributed by atoms with Crippen LogP contribution in [0.5, 0.6) is 0 Å². The molecular formula is C11H15N3O3S. The third kappa shape index (κ3) is 2.98. The number of carbonyl (C=O) groups excluding carboxylic acids is 2. The minimum atomic E-state index is -0.416. The number of nitrogens with one attached hydrogen (secondary N) is 2. The van der Waals surface area contributed by atoms with E-state index in [1.165, 1.54) is 11.3 Å². The van der Waals surface area contributed by atoms with Gasteiger partial charge in [-0.25, -0.2) is 9.78 Å². The summed E-state index contributed by atoms with van der Waals surface area (Å²) in [5.74, 6) is -0.343. The number of hydrogen-bond donors (Lipinski definition) is 2. The fourth-order valence-electron chi connectivity index (χ4n) is 1.73. The summed E-state index contributed by atoms with van der Waals surface area (Å²) >= 11 is 1.36. The zero-order valence-electron chi connectivity index (χ0n) is 10.1. The summed E-state index contributed by atoms with van der Waals surface area (Å²) in [5, 5.41) is 6.72. The largest absolute Gasteiger partial charge is 0.461 e. The van der Waals surface area contributed by atoms with Gasteiger partial charge in [0.1, 0.15) is 5.00 Å². The molecule has 18 heavy (non-hydrogen) atoms. The van der Waals surface area contributed by atoms with Crippen LogP contribution < -0.4 is 10.6 Å². The van der Waals surface area contributed by atoms with E-state index in [1.54, 1.807) is 12.4 Å². The van der Waals surface area contributed by atoms with Gasteiger partial charge in [-0.15, -0.1) is 11.3 Å². The Kier molecular flexibility index (Phi) is 4.14. The average Bonchev–Trinajstić information content (AvgIpc) is 2.81. The summed E-state index contributed by atoms with van der Waals surface area (Å²) < 4.78 is 4.93. The van der Waals surface area contributed by atoms with E-state index in [9.17, 15) is 9.59 Å². The number of piperidine rings is 1. The van der Waals surface area contributed by atoms with Crippen molar-refractivity contribution in [1.29, 1.82) is 0 Å². The number of thiazole rings is 1. The highest BCUT2D eigenvalue weighted by Crippen LogP contribution is 2.23. The van der Waals surface area contributed by atoms with Gasteiger partial charge in [-0.05, 0) is 13.3 Å². The van der Waals surface area contributed by atoms with Crippen molar-refractivity contribution in [2.75, 3.05) is 18.5 Å². The van der Waals surface area contributed by atoms with Crippen molar-refractivity contribution in [1.82, 2.24) is 10.3 Å². The predicted octanol–water partition coefficient (Wildman–Crippen LogP) is 1.01. The third-order valence-corrected chi connectivity index (χ3v) is 3.39. The monoisotopic (exact) mass is 269 g/mol. The number of carbonyl (C=O) groups is 2. The Hall–Kier alpha value is -1.63. The number of nitrogens with zero attached hydrogens (tertiary/aromatic N) is 1. The van der Waals surface area contributed by atoms with Gasteiger partial charge in [0.15, 0.2) is 5.69 Å². The average molecular weight is 269 g/mol. The van der Waals surface area contributed by atoms with Crippen LogP contribution in [0.1, 0.15) is 30.3 Å². The molecule has 1 aliphatic rings. The van der Waals surface area contributed by atoms with E-state index >= 15 is 0 Å². The van der Waals surface area contributed by atoms with Crippen LogP contribution in [0, 0.1) is 0 Å². The van der Waals surface area contributed by atoms with Crippen molar-refractivity contribution in [3.8, 4) is 0 Å². The van der Waals surface area contributed by atoms with Crippen molar-refractivity contribution in [2.24, 2.45) is 0 Å². The highest BCUT2D eigenvalue weighted by Gasteiger charge is 2.22. The topological polar surface area (TPSA) is 80.3 Å². The molecule has 1 atom stereocenters. The first-order chi connectivity index (χ1) is 8.70. The second kappa shape index (κ2) is 5.81. The third-order valence-electron chi connectivity index (χ3n) is 2.64. The Bertz CT molecular complexity index is 436. The summed E-state index contributed by atoms with van der Waals surface area (Å²) in [7, 11) is 0. The van der Waals surface area contributed by atoms with Gasteiger partial charge in [0.2, 0.25) is 5.91 Å². The highest BCUT2D eigenvalue weighted by atomic mass is 32.1. The first kappa shape index (κ1) is 12.8. The molecule has 1 aliphatic heterocycles. The Morgan fingerprint density at radius 3 is 3.22 bits per heavy atom. The molecule has 1 aromatic rings. The number of esters is 1. The molecule has 2 heterocycles. The lowest BCUT2D eigenvalue weighted by molar-refractivity contribution is -0.122. The lowest BCUT2D eigenvalue weighted by atomic mass is 10.1. The molecule has 0 spiro atoms. The number of amides is 1. The molecule has 1 aromatic heterocycles. The van der Waals surface area contributed by atoms with Crippen molar-refractivity contribution >= 4 is 28.2 Å². The predicted molar refractivity (Wildman–Crippen MR) is 67.7 cm³/mol. The van der Waals surface area contributed by atoms with Gasteiger partial charge in [0.05, 0.1) is 12.1 Å². The molecule has 0 bridgehead atoms. The van der Waals surface area contributed by atoms with Crippen LogP contribution in [0.2, 0.25) is 0 Å². The van der Waals surface area contributed by atoms with E-state index in [1.807, 2.05) is 0 Å². The molecule has 1 fully saturated rings. The molecule has 0 saturated carbocycles. The molecule has 1 saturated heterocycles. The molecule has 2 N–H and O–H groups in total. The summed E-state index contributed by atoms with van der Waals surface area (Å²) in [4.78, 5) is 26.7.